The van der Waals surface area contributed by atoms with Crippen molar-refractivity contribution in [3.05, 3.63) is 194 Å². The summed E-state index contributed by atoms with van der Waals surface area (Å²) < 4.78 is 9.47. The van der Waals surface area contributed by atoms with Gasteiger partial charge in [-0.1, -0.05) is 121 Å². The van der Waals surface area contributed by atoms with Gasteiger partial charge < -0.3 is 14.2 Å². The zero-order valence-electron chi connectivity index (χ0n) is 29.2. The van der Waals surface area contributed by atoms with Crippen LogP contribution in [0.4, 0.5) is 34.1 Å². The third-order valence-electron chi connectivity index (χ3n) is 10.6. The molecule has 54 heavy (non-hydrogen) atoms. The summed E-state index contributed by atoms with van der Waals surface area (Å²) >= 11 is 1.86. The van der Waals surface area contributed by atoms with Crippen LogP contribution in [-0.4, -0.2) is 0 Å². The standard InChI is InChI=1S/C50H32N2OS/c1-4-17-34(18-5-1)51(35-19-6-2-7-20-35)44-30-33-16-10-11-23-38(33)50-49(44)42-31-37(28-29-45(42)53-50)52(36-21-8-3-9-22-36)43-32-47-48(40-25-13-12-24-39(40)43)41-26-14-15-27-46(41)54-47/h1-32H. The average Bonchev–Trinajstić information content (AvgIpc) is 3.81. The van der Waals surface area contributed by atoms with Gasteiger partial charge in [0.15, 0.2) is 0 Å². The lowest BCUT2D eigenvalue weighted by Crippen LogP contribution is -2.11. The zero-order valence-corrected chi connectivity index (χ0v) is 30.0. The van der Waals surface area contributed by atoms with E-state index in [2.05, 4.69) is 204 Å². The summed E-state index contributed by atoms with van der Waals surface area (Å²) in [5.41, 5.74) is 8.27. The van der Waals surface area contributed by atoms with Crippen LogP contribution in [0.3, 0.4) is 0 Å². The predicted octanol–water partition coefficient (Wildman–Crippen LogP) is 15.2. The molecule has 0 spiro atoms. The molecule has 3 nitrogen and oxygen atoms in total. The molecule has 4 heteroatoms. The van der Waals surface area contributed by atoms with E-state index >= 15 is 0 Å². The van der Waals surface area contributed by atoms with Crippen molar-refractivity contribution in [1.82, 2.24) is 0 Å². The van der Waals surface area contributed by atoms with Gasteiger partial charge in [0.2, 0.25) is 0 Å². The van der Waals surface area contributed by atoms with E-state index in [4.69, 9.17) is 4.42 Å². The lowest BCUT2D eigenvalue weighted by atomic mass is 10.00. The Hall–Kier alpha value is -6.88. The first-order chi connectivity index (χ1) is 26.8. The molecular formula is C50H32N2OS. The first kappa shape index (κ1) is 30.7. The minimum Gasteiger partial charge on any atom is -0.455 e. The molecule has 0 radical (unpaired) electrons. The molecule has 0 fully saturated rings. The average molecular weight is 709 g/mol. The number of benzene rings is 9. The van der Waals surface area contributed by atoms with E-state index in [9.17, 15) is 0 Å². The number of hydrogen-bond acceptors (Lipinski definition) is 4. The second-order valence-corrected chi connectivity index (χ2v) is 14.8. The number of anilines is 6. The van der Waals surface area contributed by atoms with E-state index < -0.39 is 0 Å². The van der Waals surface area contributed by atoms with Gasteiger partial charge in [0, 0.05) is 59.1 Å². The van der Waals surface area contributed by atoms with Crippen molar-refractivity contribution in [2.45, 2.75) is 0 Å². The summed E-state index contributed by atoms with van der Waals surface area (Å²) in [5.74, 6) is 0. The molecule has 0 N–H and O–H groups in total. The van der Waals surface area contributed by atoms with E-state index in [-0.39, 0.29) is 0 Å². The number of nitrogens with zero attached hydrogens (tertiary/aromatic N) is 2. The molecular weight excluding hydrogens is 677 g/mol. The van der Waals surface area contributed by atoms with Gasteiger partial charge in [-0.2, -0.15) is 0 Å². The zero-order chi connectivity index (χ0) is 35.6. The van der Waals surface area contributed by atoms with Gasteiger partial charge in [-0.05, 0) is 83.6 Å². The fourth-order valence-electron chi connectivity index (χ4n) is 8.24. The maximum atomic E-state index is 6.89. The highest BCUT2D eigenvalue weighted by atomic mass is 32.1. The lowest BCUT2D eigenvalue weighted by molar-refractivity contribution is 0.672. The Bertz CT molecular complexity index is 3130. The van der Waals surface area contributed by atoms with E-state index in [0.29, 0.717) is 0 Å². The van der Waals surface area contributed by atoms with Crippen molar-refractivity contribution >= 4 is 109 Å². The summed E-state index contributed by atoms with van der Waals surface area (Å²) in [5, 5.41) is 9.45. The number of rotatable bonds is 6. The predicted molar refractivity (Wildman–Crippen MR) is 231 cm³/mol. The van der Waals surface area contributed by atoms with Crippen LogP contribution in [0.25, 0.3) is 63.7 Å². The second kappa shape index (κ2) is 12.4. The van der Waals surface area contributed by atoms with Crippen molar-refractivity contribution < 1.29 is 4.42 Å². The van der Waals surface area contributed by atoms with Crippen molar-refractivity contribution in [1.29, 1.82) is 0 Å². The summed E-state index contributed by atoms with van der Waals surface area (Å²) in [6.45, 7) is 0. The molecule has 2 heterocycles. The highest BCUT2D eigenvalue weighted by molar-refractivity contribution is 7.26. The van der Waals surface area contributed by atoms with Gasteiger partial charge in [0.25, 0.3) is 0 Å². The Morgan fingerprint density at radius 3 is 1.59 bits per heavy atom. The van der Waals surface area contributed by atoms with Gasteiger partial charge in [-0.25, -0.2) is 0 Å². The maximum Gasteiger partial charge on any atom is 0.145 e. The van der Waals surface area contributed by atoms with Crippen LogP contribution in [0.5, 0.6) is 0 Å². The van der Waals surface area contributed by atoms with Crippen LogP contribution in [0.1, 0.15) is 0 Å². The summed E-state index contributed by atoms with van der Waals surface area (Å²) in [4.78, 5) is 4.77. The van der Waals surface area contributed by atoms with Gasteiger partial charge in [-0.3, -0.25) is 0 Å². The Labute approximate surface area is 316 Å². The third kappa shape index (κ3) is 4.81. The van der Waals surface area contributed by atoms with E-state index in [1.807, 2.05) is 11.3 Å². The largest absolute Gasteiger partial charge is 0.455 e. The third-order valence-corrected chi connectivity index (χ3v) is 11.7. The fraction of sp³-hybridized carbons (Fsp3) is 0. The molecule has 0 unspecified atom stereocenters. The molecule has 11 aromatic rings. The first-order valence-electron chi connectivity index (χ1n) is 18.3. The smallest absolute Gasteiger partial charge is 0.145 e. The normalized spacial score (nSPS) is 11.7. The maximum absolute atomic E-state index is 6.89. The highest BCUT2D eigenvalue weighted by Gasteiger charge is 2.24. The molecule has 0 aliphatic carbocycles. The summed E-state index contributed by atoms with van der Waals surface area (Å²) in [6.07, 6.45) is 0. The van der Waals surface area contributed by atoms with E-state index in [1.54, 1.807) is 0 Å². The molecule has 0 saturated carbocycles. The lowest BCUT2D eigenvalue weighted by Gasteiger charge is -2.28. The molecule has 9 aromatic carbocycles. The van der Waals surface area contributed by atoms with Crippen molar-refractivity contribution in [3.63, 3.8) is 0 Å². The Morgan fingerprint density at radius 1 is 0.352 bits per heavy atom. The van der Waals surface area contributed by atoms with Crippen LogP contribution in [0.15, 0.2) is 199 Å². The van der Waals surface area contributed by atoms with E-state index in [0.717, 1.165) is 66.8 Å². The van der Waals surface area contributed by atoms with Crippen molar-refractivity contribution in [2.75, 3.05) is 9.80 Å². The Kier molecular flexibility index (Phi) is 7.04. The molecule has 2 aromatic heterocycles. The van der Waals surface area contributed by atoms with Crippen LogP contribution in [0, 0.1) is 0 Å². The minimum atomic E-state index is 0.852. The second-order valence-electron chi connectivity index (χ2n) is 13.7. The van der Waals surface area contributed by atoms with E-state index in [1.165, 1.54) is 30.9 Å². The molecule has 0 atom stereocenters. The highest BCUT2D eigenvalue weighted by Crippen LogP contribution is 2.49. The minimum absolute atomic E-state index is 0.852. The number of para-hydroxylation sites is 3. The molecule has 0 saturated heterocycles. The van der Waals surface area contributed by atoms with Gasteiger partial charge in [0.05, 0.1) is 16.8 Å². The van der Waals surface area contributed by atoms with Crippen LogP contribution >= 0.6 is 11.3 Å². The SMILES string of the molecule is c1ccc(N(c2ccc3oc4c5ccccc5cc(N(c5ccccc5)c5ccccc5)c4c3c2)c2cc3sc4ccccc4c3c3ccccc23)cc1. The monoisotopic (exact) mass is 708 g/mol. The topological polar surface area (TPSA) is 19.6 Å². The van der Waals surface area contributed by atoms with Gasteiger partial charge >= 0.3 is 0 Å². The molecule has 11 rings (SSSR count). The van der Waals surface area contributed by atoms with Crippen molar-refractivity contribution in [3.8, 4) is 0 Å². The summed E-state index contributed by atoms with van der Waals surface area (Å²) in [6, 6.07) is 69.5. The quantitative estimate of drug-likeness (QED) is 0.171. The van der Waals surface area contributed by atoms with Gasteiger partial charge in [-0.15, -0.1) is 11.3 Å². The van der Waals surface area contributed by atoms with Crippen LogP contribution in [0.2, 0.25) is 0 Å². The van der Waals surface area contributed by atoms with Crippen LogP contribution in [-0.2, 0) is 0 Å². The fourth-order valence-corrected chi connectivity index (χ4v) is 9.39. The number of hydrogen-bond donors (Lipinski definition) is 0. The Morgan fingerprint density at radius 2 is 0.907 bits per heavy atom. The number of furan rings is 1. The van der Waals surface area contributed by atoms with Crippen LogP contribution < -0.4 is 9.80 Å². The summed E-state index contributed by atoms with van der Waals surface area (Å²) in [7, 11) is 0. The molecule has 0 amide bonds. The molecule has 0 aliphatic rings. The molecule has 0 aliphatic heterocycles. The van der Waals surface area contributed by atoms with Crippen molar-refractivity contribution in [2.24, 2.45) is 0 Å². The molecule has 254 valence electrons. The Balaban J connectivity index is 1.22. The van der Waals surface area contributed by atoms with Gasteiger partial charge in [0.1, 0.15) is 11.2 Å². The molecule has 0 bridgehead atoms. The number of thiophene rings is 1. The first-order valence-corrected chi connectivity index (χ1v) is 19.1. The number of fused-ring (bicyclic) bond motifs is 10.